The van der Waals surface area contributed by atoms with Gasteiger partial charge in [0.1, 0.15) is 11.8 Å². The molecule has 0 amide bonds. The zero-order chi connectivity index (χ0) is 17.1. The van der Waals surface area contributed by atoms with Crippen LogP contribution < -0.4 is 4.90 Å². The number of fused-ring (bicyclic) bond motifs is 1. The number of anilines is 1. The summed E-state index contributed by atoms with van der Waals surface area (Å²) >= 11 is 0. The molecule has 0 radical (unpaired) electrons. The van der Waals surface area contributed by atoms with Crippen LogP contribution in [0.15, 0.2) is 42.9 Å². The molecule has 0 saturated carbocycles. The molecular weight excluding hydrogens is 314 g/mol. The third-order valence-corrected chi connectivity index (χ3v) is 4.47. The maximum absolute atomic E-state index is 6.09. The van der Waals surface area contributed by atoms with Crippen molar-refractivity contribution < 1.29 is 4.74 Å². The molecule has 1 fully saturated rings. The highest BCUT2D eigenvalue weighted by atomic mass is 16.5. The second kappa shape index (κ2) is 7.11. The standard InChI is InChI=1S/C19H21N5O/c1-14-7-8-17-18(23-14)19(22-13-21-17)24-10-4-6-16(11-24)25-12-15-5-2-3-9-20-15/h2-3,5,7-9,13,16H,4,6,10-12H2,1H3. The SMILES string of the molecule is Cc1ccc2ncnc(N3CCCC(OCc4ccccn4)C3)c2n1. The lowest BCUT2D eigenvalue weighted by Crippen LogP contribution is -2.40. The van der Waals surface area contributed by atoms with Crippen molar-refractivity contribution in [2.45, 2.75) is 32.5 Å². The van der Waals surface area contributed by atoms with E-state index in [2.05, 4.69) is 24.8 Å². The fourth-order valence-electron chi connectivity index (χ4n) is 3.21. The minimum absolute atomic E-state index is 0.172. The van der Waals surface area contributed by atoms with E-state index in [1.54, 1.807) is 12.5 Å². The smallest absolute Gasteiger partial charge is 0.158 e. The number of aromatic nitrogens is 4. The lowest BCUT2D eigenvalue weighted by Gasteiger charge is -2.33. The molecule has 6 heteroatoms. The highest BCUT2D eigenvalue weighted by molar-refractivity contribution is 5.85. The molecule has 4 rings (SSSR count). The average molecular weight is 335 g/mol. The van der Waals surface area contributed by atoms with Crippen molar-refractivity contribution in [3.63, 3.8) is 0 Å². The van der Waals surface area contributed by atoms with Crippen molar-refractivity contribution in [2.24, 2.45) is 0 Å². The number of aryl methyl sites for hydroxylation is 1. The molecule has 6 nitrogen and oxygen atoms in total. The zero-order valence-corrected chi connectivity index (χ0v) is 14.3. The van der Waals surface area contributed by atoms with Crippen molar-refractivity contribution in [1.82, 2.24) is 19.9 Å². The molecule has 1 aliphatic rings. The number of piperidine rings is 1. The number of rotatable bonds is 4. The van der Waals surface area contributed by atoms with Crippen molar-refractivity contribution in [3.05, 3.63) is 54.2 Å². The lowest BCUT2D eigenvalue weighted by atomic mass is 10.1. The maximum atomic E-state index is 6.09. The van der Waals surface area contributed by atoms with Gasteiger partial charge >= 0.3 is 0 Å². The minimum atomic E-state index is 0.172. The molecule has 0 aromatic carbocycles. The van der Waals surface area contributed by atoms with Crippen LogP contribution in [0.3, 0.4) is 0 Å². The van der Waals surface area contributed by atoms with Gasteiger partial charge in [-0.05, 0) is 44.0 Å². The van der Waals surface area contributed by atoms with Gasteiger partial charge < -0.3 is 9.64 Å². The third kappa shape index (κ3) is 3.58. The molecule has 3 aromatic rings. The van der Waals surface area contributed by atoms with Crippen LogP contribution in [0, 0.1) is 6.92 Å². The summed E-state index contributed by atoms with van der Waals surface area (Å²) in [6.45, 7) is 4.31. The predicted molar refractivity (Wildman–Crippen MR) is 96.3 cm³/mol. The summed E-state index contributed by atoms with van der Waals surface area (Å²) in [7, 11) is 0. The molecule has 128 valence electrons. The van der Waals surface area contributed by atoms with Crippen molar-refractivity contribution in [1.29, 1.82) is 0 Å². The van der Waals surface area contributed by atoms with Crippen molar-refractivity contribution in [3.8, 4) is 0 Å². The largest absolute Gasteiger partial charge is 0.370 e. The molecule has 1 saturated heterocycles. The van der Waals surface area contributed by atoms with Gasteiger partial charge in [-0.1, -0.05) is 6.07 Å². The van der Waals surface area contributed by atoms with Gasteiger partial charge in [-0.25, -0.2) is 15.0 Å². The van der Waals surface area contributed by atoms with E-state index in [-0.39, 0.29) is 6.10 Å². The predicted octanol–water partition coefficient (Wildman–Crippen LogP) is 2.91. The summed E-state index contributed by atoms with van der Waals surface area (Å²) in [6.07, 6.45) is 5.72. The van der Waals surface area contributed by atoms with Gasteiger partial charge in [0.05, 0.1) is 23.9 Å². The molecule has 1 aliphatic heterocycles. The molecule has 1 atom stereocenters. The van der Waals surface area contributed by atoms with Gasteiger partial charge in [-0.2, -0.15) is 0 Å². The highest BCUT2D eigenvalue weighted by Gasteiger charge is 2.23. The second-order valence-electron chi connectivity index (χ2n) is 6.36. The Bertz CT molecular complexity index is 855. The number of pyridine rings is 2. The molecule has 25 heavy (non-hydrogen) atoms. The second-order valence-corrected chi connectivity index (χ2v) is 6.36. The Morgan fingerprint density at radius 3 is 3.00 bits per heavy atom. The van der Waals surface area contributed by atoms with E-state index < -0.39 is 0 Å². The normalized spacial score (nSPS) is 17.8. The van der Waals surface area contributed by atoms with Crippen LogP contribution in [0.5, 0.6) is 0 Å². The van der Waals surface area contributed by atoms with E-state index in [1.807, 2.05) is 37.3 Å². The van der Waals surface area contributed by atoms with Gasteiger partial charge in [0.15, 0.2) is 5.82 Å². The topological polar surface area (TPSA) is 64.0 Å². The molecule has 0 spiro atoms. The first kappa shape index (κ1) is 15.9. The summed E-state index contributed by atoms with van der Waals surface area (Å²) in [6, 6.07) is 9.88. The molecule has 0 N–H and O–H groups in total. The zero-order valence-electron chi connectivity index (χ0n) is 14.3. The Morgan fingerprint density at radius 2 is 2.12 bits per heavy atom. The van der Waals surface area contributed by atoms with E-state index in [0.717, 1.165) is 54.2 Å². The van der Waals surface area contributed by atoms with Crippen molar-refractivity contribution >= 4 is 16.9 Å². The van der Waals surface area contributed by atoms with Crippen LogP contribution in [0.4, 0.5) is 5.82 Å². The van der Waals surface area contributed by atoms with E-state index in [9.17, 15) is 0 Å². The van der Waals surface area contributed by atoms with Gasteiger partial charge in [0.2, 0.25) is 0 Å². The first-order valence-corrected chi connectivity index (χ1v) is 8.64. The van der Waals surface area contributed by atoms with Crippen LogP contribution in [-0.4, -0.2) is 39.1 Å². The highest BCUT2D eigenvalue weighted by Crippen LogP contribution is 2.25. The van der Waals surface area contributed by atoms with Crippen molar-refractivity contribution in [2.75, 3.05) is 18.0 Å². The number of ether oxygens (including phenoxy) is 1. The van der Waals surface area contributed by atoms with E-state index in [1.165, 1.54) is 0 Å². The number of hydrogen-bond acceptors (Lipinski definition) is 6. The van der Waals surface area contributed by atoms with Gasteiger partial charge in [0.25, 0.3) is 0 Å². The number of nitrogens with zero attached hydrogens (tertiary/aromatic N) is 5. The molecule has 0 bridgehead atoms. The Morgan fingerprint density at radius 1 is 1.16 bits per heavy atom. The van der Waals surface area contributed by atoms with Crippen LogP contribution in [-0.2, 0) is 11.3 Å². The quantitative estimate of drug-likeness (QED) is 0.730. The molecular formula is C19H21N5O. The lowest BCUT2D eigenvalue weighted by molar-refractivity contribution is 0.0297. The van der Waals surface area contributed by atoms with Crippen LogP contribution in [0.2, 0.25) is 0 Å². The van der Waals surface area contributed by atoms with Gasteiger partial charge in [-0.3, -0.25) is 4.98 Å². The Labute approximate surface area is 146 Å². The Kier molecular flexibility index (Phi) is 4.52. The fraction of sp³-hybridized carbons (Fsp3) is 0.368. The van der Waals surface area contributed by atoms with E-state index >= 15 is 0 Å². The summed E-state index contributed by atoms with van der Waals surface area (Å²) in [5.74, 6) is 0.903. The summed E-state index contributed by atoms with van der Waals surface area (Å²) < 4.78 is 6.09. The van der Waals surface area contributed by atoms with Crippen LogP contribution in [0.25, 0.3) is 11.0 Å². The molecule has 1 unspecified atom stereocenters. The summed E-state index contributed by atoms with van der Waals surface area (Å²) in [5.41, 5.74) is 3.69. The Balaban J connectivity index is 1.50. The monoisotopic (exact) mass is 335 g/mol. The average Bonchev–Trinajstić information content (AvgIpc) is 2.67. The third-order valence-electron chi connectivity index (χ3n) is 4.47. The molecule has 3 aromatic heterocycles. The summed E-state index contributed by atoms with van der Waals surface area (Å²) in [4.78, 5) is 20.1. The maximum Gasteiger partial charge on any atom is 0.158 e. The molecule has 0 aliphatic carbocycles. The molecule has 4 heterocycles. The van der Waals surface area contributed by atoms with Crippen LogP contribution >= 0.6 is 0 Å². The van der Waals surface area contributed by atoms with E-state index in [4.69, 9.17) is 4.74 Å². The first-order valence-electron chi connectivity index (χ1n) is 8.64. The van der Waals surface area contributed by atoms with Gasteiger partial charge in [-0.15, -0.1) is 0 Å². The van der Waals surface area contributed by atoms with E-state index in [0.29, 0.717) is 6.61 Å². The van der Waals surface area contributed by atoms with Gasteiger partial charge in [0, 0.05) is 25.0 Å². The number of hydrogen-bond donors (Lipinski definition) is 0. The minimum Gasteiger partial charge on any atom is -0.370 e. The fourth-order valence-corrected chi connectivity index (χ4v) is 3.21. The summed E-state index contributed by atoms with van der Waals surface area (Å²) in [5, 5.41) is 0. The first-order chi connectivity index (χ1) is 12.3. The van der Waals surface area contributed by atoms with Crippen LogP contribution in [0.1, 0.15) is 24.2 Å². The Hall–Kier alpha value is -2.60.